The van der Waals surface area contributed by atoms with Crippen molar-refractivity contribution in [3.63, 3.8) is 0 Å². The van der Waals surface area contributed by atoms with Gasteiger partial charge in [-0.05, 0) is 121 Å². The molecule has 19 atom stereocenters. The Labute approximate surface area is 338 Å². The van der Waals surface area contributed by atoms with Crippen LogP contribution in [0.5, 0.6) is 0 Å². The van der Waals surface area contributed by atoms with Crippen LogP contribution in [0.25, 0.3) is 10.4 Å². The Morgan fingerprint density at radius 3 is 2.33 bits per heavy atom. The van der Waals surface area contributed by atoms with Crippen molar-refractivity contribution in [2.24, 2.45) is 40.6 Å². The number of azide groups is 1. The van der Waals surface area contributed by atoms with Crippen molar-refractivity contribution < 1.29 is 52.6 Å². The largest absolute Gasteiger partial charge is 0.462 e. The van der Waals surface area contributed by atoms with Crippen molar-refractivity contribution in [2.75, 3.05) is 34.9 Å². The minimum absolute atomic E-state index is 0.0237. The van der Waals surface area contributed by atoms with Crippen molar-refractivity contribution in [3.8, 4) is 0 Å². The quantitative estimate of drug-likeness (QED) is 0.123. The van der Waals surface area contributed by atoms with Gasteiger partial charge < -0.3 is 47.9 Å². The van der Waals surface area contributed by atoms with E-state index in [4.69, 9.17) is 37.9 Å². The first-order valence-corrected chi connectivity index (χ1v) is 21.5. The van der Waals surface area contributed by atoms with E-state index < -0.39 is 60.8 Å². The van der Waals surface area contributed by atoms with Crippen molar-refractivity contribution in [2.45, 2.75) is 172 Å². The maximum Gasteiger partial charge on any atom is 0.306 e. The van der Waals surface area contributed by atoms with E-state index in [9.17, 15) is 20.2 Å². The van der Waals surface area contributed by atoms with Gasteiger partial charge in [0, 0.05) is 43.6 Å². The van der Waals surface area contributed by atoms with Crippen molar-refractivity contribution in [3.05, 3.63) is 22.1 Å². The fourth-order valence-electron chi connectivity index (χ4n) is 11.3. The van der Waals surface area contributed by atoms with Crippen molar-refractivity contribution in [1.82, 2.24) is 4.90 Å². The van der Waals surface area contributed by atoms with Crippen LogP contribution in [0.2, 0.25) is 0 Å². The highest BCUT2D eigenvalue weighted by Crippen LogP contribution is 2.57. The minimum Gasteiger partial charge on any atom is -0.462 e. The molecule has 57 heavy (non-hydrogen) atoms. The van der Waals surface area contributed by atoms with Gasteiger partial charge in [-0.3, -0.25) is 9.59 Å². The topological polar surface area (TPSA) is 180 Å². The lowest BCUT2D eigenvalue weighted by Crippen LogP contribution is -2.60. The number of likely N-dealkylation sites (N-methyl/N-ethyl adjacent to an activating group) is 1. The third-order valence-corrected chi connectivity index (χ3v) is 14.1. The summed E-state index contributed by atoms with van der Waals surface area (Å²) in [7, 11) is 7.34. The van der Waals surface area contributed by atoms with Gasteiger partial charge in [-0.2, -0.15) is 0 Å². The Bertz CT molecular complexity index is 1460. The Morgan fingerprint density at radius 2 is 1.68 bits per heavy atom. The second-order valence-electron chi connectivity index (χ2n) is 17.5. The third-order valence-electron chi connectivity index (χ3n) is 14.1. The molecule has 3 heterocycles. The van der Waals surface area contributed by atoms with Gasteiger partial charge in [0.15, 0.2) is 18.4 Å². The van der Waals surface area contributed by atoms with Crippen molar-refractivity contribution in [1.29, 1.82) is 0 Å². The van der Waals surface area contributed by atoms with Gasteiger partial charge in [-0.1, -0.05) is 25.0 Å². The molecule has 2 saturated carbocycles. The summed E-state index contributed by atoms with van der Waals surface area (Å²) in [6.45, 7) is 10.3. The summed E-state index contributed by atoms with van der Waals surface area (Å²) >= 11 is 0. The number of carbonyl (C=O) groups is 2. The molecule has 0 bridgehead atoms. The van der Waals surface area contributed by atoms with Gasteiger partial charge in [0.05, 0.1) is 43.0 Å². The molecule has 3 saturated heterocycles. The van der Waals surface area contributed by atoms with Gasteiger partial charge >= 0.3 is 5.97 Å². The highest BCUT2D eigenvalue weighted by molar-refractivity contribution is 5.99. The molecular weight excluding hydrogens is 736 g/mol. The molecule has 0 spiro atoms. The summed E-state index contributed by atoms with van der Waals surface area (Å²) in [6.07, 6.45) is 2.40. The Morgan fingerprint density at radius 1 is 0.947 bits per heavy atom. The number of aliphatic hydroxyl groups excluding tert-OH is 1. The summed E-state index contributed by atoms with van der Waals surface area (Å²) in [5.41, 5.74) is 10.3. The fourth-order valence-corrected chi connectivity index (χ4v) is 11.3. The number of fused-ring (bicyclic) bond motifs is 5. The maximum atomic E-state index is 14.9. The van der Waals surface area contributed by atoms with E-state index in [-0.39, 0.29) is 72.5 Å². The lowest BCUT2D eigenvalue weighted by atomic mass is 9.63. The lowest BCUT2D eigenvalue weighted by molar-refractivity contribution is -0.317. The smallest absolute Gasteiger partial charge is 0.306 e. The number of nitrogens with zero attached hydrogens (tertiary/aromatic N) is 4. The van der Waals surface area contributed by atoms with Crippen LogP contribution in [0, 0.1) is 35.5 Å². The van der Waals surface area contributed by atoms with Crippen LogP contribution >= 0.6 is 0 Å². The molecule has 1 N–H and O–H groups in total. The van der Waals surface area contributed by atoms with Crippen LogP contribution in [0.4, 0.5) is 0 Å². The van der Waals surface area contributed by atoms with E-state index in [0.717, 1.165) is 19.3 Å². The number of methoxy groups -OCH3 is 2. The van der Waals surface area contributed by atoms with Crippen LogP contribution in [0.1, 0.15) is 92.4 Å². The standard InChI is InChI=1S/C42H68N4O11/c1-10-24-13-12-14-32(57-34-16-15-31(46(6)7)22(4)53-34)21(3)37(48)30-19-27-26-17-25(56-42-41(51-9)40(52-11-2)39(50-8)23(5)54-42)18-29(26)36(44-45-43)38(49)35(27)28(30)20-33(47)55-24/h19,21-29,31-32,34-36,38-42,49H,10-18,20H2,1-9H3/t21-,22?,23?,24+,25+,26+,27+,28-,29-,31+,32+,34+,35-,36+,38+,39+,40?,41+,42+/m1/s1. The monoisotopic (exact) mass is 804 g/mol. The number of hydrogen-bond acceptors (Lipinski definition) is 13. The number of hydrogen-bond donors (Lipinski definition) is 1. The Hall–Kier alpha value is -2.17. The molecule has 5 fully saturated rings. The van der Waals surface area contributed by atoms with E-state index in [1.54, 1.807) is 14.2 Å². The average molecular weight is 805 g/mol. The molecule has 3 aliphatic carbocycles. The van der Waals surface area contributed by atoms with Gasteiger partial charge in [-0.15, -0.1) is 0 Å². The van der Waals surface area contributed by atoms with E-state index >= 15 is 0 Å². The molecule has 0 aromatic rings. The number of ketones is 1. The number of ether oxygens (including phenoxy) is 8. The van der Waals surface area contributed by atoms with Gasteiger partial charge in [-0.25, -0.2) is 0 Å². The van der Waals surface area contributed by atoms with E-state index in [2.05, 4.69) is 35.9 Å². The number of Topliss-reactive ketones (excluding diaryl/α,β-unsaturated/α-hetero) is 1. The van der Waals surface area contributed by atoms with E-state index in [1.807, 2.05) is 33.8 Å². The second kappa shape index (κ2) is 19.5. The molecule has 15 nitrogen and oxygen atoms in total. The highest BCUT2D eigenvalue weighted by Gasteiger charge is 2.59. The van der Waals surface area contributed by atoms with Crippen molar-refractivity contribution >= 4 is 11.8 Å². The molecule has 0 aromatic heterocycles. The molecule has 3 unspecified atom stereocenters. The zero-order chi connectivity index (χ0) is 41.1. The zero-order valence-corrected chi connectivity index (χ0v) is 35.4. The van der Waals surface area contributed by atoms with Crippen LogP contribution in [0.15, 0.2) is 16.8 Å². The van der Waals surface area contributed by atoms with Gasteiger partial charge in [0.25, 0.3) is 0 Å². The second-order valence-corrected chi connectivity index (χ2v) is 17.5. The zero-order valence-electron chi connectivity index (χ0n) is 35.4. The van der Waals surface area contributed by atoms with Crippen LogP contribution < -0.4 is 0 Å². The van der Waals surface area contributed by atoms with Gasteiger partial charge in [0.2, 0.25) is 0 Å². The molecule has 322 valence electrons. The number of cyclic esters (lactones) is 1. The minimum atomic E-state index is -1.09. The number of allylic oxidation sites excluding steroid dienone is 2. The summed E-state index contributed by atoms with van der Waals surface area (Å²) in [6, 6.07) is -0.491. The summed E-state index contributed by atoms with van der Waals surface area (Å²) < 4.78 is 49.9. The van der Waals surface area contributed by atoms with E-state index in [1.165, 1.54) is 0 Å². The number of rotatable bonds is 11. The maximum absolute atomic E-state index is 14.9. The van der Waals surface area contributed by atoms with E-state index in [0.29, 0.717) is 44.3 Å². The third kappa shape index (κ3) is 9.28. The molecule has 3 aliphatic heterocycles. The molecule has 0 radical (unpaired) electrons. The molecular formula is C42H68N4O11. The molecule has 6 aliphatic rings. The predicted octanol–water partition coefficient (Wildman–Crippen LogP) is 5.36. The first-order valence-electron chi connectivity index (χ1n) is 21.5. The molecule has 0 amide bonds. The Kier molecular flexibility index (Phi) is 15.2. The lowest BCUT2D eigenvalue weighted by Gasteiger charge is -2.45. The predicted molar refractivity (Wildman–Crippen MR) is 209 cm³/mol. The SMILES string of the molecule is CCOC1[C@@H](OC)C(C)O[C@@H](O[C@@H]2C[C@@H]3[C@@H](C2)[C@@H]2C=C4C(=O)[C@H](C)[C@@H](O[C@H]5CC[C@H](N(C)C)C(C)O5)CCC[C@H](CC)OC(=O)C[C@H]4[C@@H]2[C@H](O)[C@H]3N=[N+]=[N-])[C@H]1OC. The van der Waals surface area contributed by atoms with Crippen LogP contribution in [-0.2, 0) is 47.5 Å². The molecule has 0 aromatic carbocycles. The first-order chi connectivity index (χ1) is 27.3. The summed E-state index contributed by atoms with van der Waals surface area (Å²) in [5.74, 6) is -2.74. The fraction of sp³-hybridized carbons (Fsp3) is 0.905. The first kappa shape index (κ1) is 44.4. The number of aliphatic hydroxyl groups is 1. The summed E-state index contributed by atoms with van der Waals surface area (Å²) in [5, 5.41) is 16.4. The summed E-state index contributed by atoms with van der Waals surface area (Å²) in [4.78, 5) is 33.9. The average Bonchev–Trinajstić information content (AvgIpc) is 3.76. The molecule has 6 rings (SSSR count). The molecule has 15 heteroatoms. The van der Waals surface area contributed by atoms with Gasteiger partial charge in [0.1, 0.15) is 24.4 Å². The van der Waals surface area contributed by atoms with Crippen LogP contribution in [-0.4, -0.2) is 136 Å². The Balaban J connectivity index is 1.28. The highest BCUT2D eigenvalue weighted by atomic mass is 16.7. The van der Waals surface area contributed by atoms with Crippen LogP contribution in [0.3, 0.4) is 0 Å². The number of esters is 1. The normalized spacial score (nSPS) is 45.5. The number of carbonyl (C=O) groups excluding carboxylic acids is 2.